The normalized spacial score (nSPS) is 27.1. The van der Waals surface area contributed by atoms with Crippen molar-refractivity contribution in [1.29, 1.82) is 0 Å². The van der Waals surface area contributed by atoms with Gasteiger partial charge in [0, 0.05) is 6.54 Å². The van der Waals surface area contributed by atoms with E-state index in [1.807, 2.05) is 10.9 Å². The van der Waals surface area contributed by atoms with Gasteiger partial charge in [0.15, 0.2) is 0 Å². The highest BCUT2D eigenvalue weighted by molar-refractivity contribution is 9.10. The molecule has 1 saturated carbocycles. The van der Waals surface area contributed by atoms with Crippen LogP contribution in [0.5, 0.6) is 0 Å². The molecule has 4 heteroatoms. The molecule has 3 nitrogen and oxygen atoms in total. The molecular formula is C13H22BrN3. The number of hydrogen-bond donors (Lipinski definition) is 1. The molecule has 0 amide bonds. The molecule has 3 atom stereocenters. The molecule has 0 bridgehead atoms. The minimum atomic E-state index is 0.120. The van der Waals surface area contributed by atoms with E-state index in [4.69, 9.17) is 5.73 Å². The average Bonchev–Trinajstić information content (AvgIpc) is 2.69. The van der Waals surface area contributed by atoms with Crippen LogP contribution in [0.2, 0.25) is 0 Å². The summed E-state index contributed by atoms with van der Waals surface area (Å²) >= 11 is 3.58. The lowest BCUT2D eigenvalue weighted by atomic mass is 9.78. The van der Waals surface area contributed by atoms with Crippen LogP contribution in [0.4, 0.5) is 0 Å². The number of aromatic nitrogens is 2. The molecule has 2 rings (SSSR count). The van der Waals surface area contributed by atoms with Crippen LogP contribution in [0.25, 0.3) is 0 Å². The first-order valence-corrected chi connectivity index (χ1v) is 7.39. The Morgan fingerprint density at radius 2 is 2.35 bits per heavy atom. The first kappa shape index (κ1) is 13.1. The fraction of sp³-hybridized carbons (Fsp3) is 0.769. The fourth-order valence-corrected chi connectivity index (χ4v) is 3.55. The van der Waals surface area contributed by atoms with Crippen LogP contribution < -0.4 is 5.73 Å². The van der Waals surface area contributed by atoms with Crippen molar-refractivity contribution in [2.45, 2.75) is 52.1 Å². The number of aryl methyl sites for hydroxylation is 1. The summed E-state index contributed by atoms with van der Waals surface area (Å²) in [6.45, 7) is 5.33. The van der Waals surface area contributed by atoms with Crippen LogP contribution in [0.3, 0.4) is 0 Å². The van der Waals surface area contributed by atoms with E-state index in [1.165, 1.54) is 31.4 Å². The zero-order valence-corrected chi connectivity index (χ0v) is 12.3. The highest BCUT2D eigenvalue weighted by Gasteiger charge is 2.28. The minimum Gasteiger partial charge on any atom is -0.322 e. The maximum absolute atomic E-state index is 6.46. The number of nitrogens with two attached hydrogens (primary N) is 1. The summed E-state index contributed by atoms with van der Waals surface area (Å²) < 4.78 is 3.08. The molecule has 1 aromatic heterocycles. The van der Waals surface area contributed by atoms with Crippen molar-refractivity contribution in [2.24, 2.45) is 17.6 Å². The SMILES string of the molecule is CCn1ncc(Br)c1C(N)C1CCCC(C)C1. The maximum Gasteiger partial charge on any atom is 0.0696 e. The highest BCUT2D eigenvalue weighted by atomic mass is 79.9. The van der Waals surface area contributed by atoms with Crippen LogP contribution in [-0.4, -0.2) is 9.78 Å². The van der Waals surface area contributed by atoms with Crippen molar-refractivity contribution in [2.75, 3.05) is 0 Å². The Kier molecular flexibility index (Phi) is 4.26. The molecule has 0 saturated heterocycles. The Labute approximate surface area is 112 Å². The van der Waals surface area contributed by atoms with E-state index in [0.717, 1.165) is 16.9 Å². The van der Waals surface area contributed by atoms with Crippen molar-refractivity contribution in [3.05, 3.63) is 16.4 Å². The molecule has 3 unspecified atom stereocenters. The van der Waals surface area contributed by atoms with Crippen LogP contribution >= 0.6 is 15.9 Å². The summed E-state index contributed by atoms with van der Waals surface area (Å²) in [7, 11) is 0. The summed E-state index contributed by atoms with van der Waals surface area (Å²) in [5.41, 5.74) is 7.64. The zero-order valence-electron chi connectivity index (χ0n) is 10.7. The van der Waals surface area contributed by atoms with Crippen molar-refractivity contribution in [1.82, 2.24) is 9.78 Å². The zero-order chi connectivity index (χ0) is 12.4. The molecule has 1 aliphatic carbocycles. The van der Waals surface area contributed by atoms with E-state index in [9.17, 15) is 0 Å². The molecule has 1 aliphatic rings. The summed E-state index contributed by atoms with van der Waals surface area (Å²) in [6.07, 6.45) is 7.05. The summed E-state index contributed by atoms with van der Waals surface area (Å²) in [4.78, 5) is 0. The van der Waals surface area contributed by atoms with Gasteiger partial charge in [-0.25, -0.2) is 0 Å². The topological polar surface area (TPSA) is 43.8 Å². The molecule has 0 spiro atoms. The lowest BCUT2D eigenvalue weighted by Gasteiger charge is -2.31. The van der Waals surface area contributed by atoms with Crippen molar-refractivity contribution >= 4 is 15.9 Å². The fourth-order valence-electron chi connectivity index (χ4n) is 2.99. The van der Waals surface area contributed by atoms with Gasteiger partial charge in [-0.15, -0.1) is 0 Å². The lowest BCUT2D eigenvalue weighted by Crippen LogP contribution is -2.28. The van der Waals surface area contributed by atoms with E-state index in [-0.39, 0.29) is 6.04 Å². The van der Waals surface area contributed by atoms with Gasteiger partial charge in [-0.05, 0) is 47.5 Å². The number of halogens is 1. The number of hydrogen-bond acceptors (Lipinski definition) is 2. The Hall–Kier alpha value is -0.350. The lowest BCUT2D eigenvalue weighted by molar-refractivity contribution is 0.241. The van der Waals surface area contributed by atoms with E-state index >= 15 is 0 Å². The number of nitrogens with zero attached hydrogens (tertiary/aromatic N) is 2. The molecule has 96 valence electrons. The van der Waals surface area contributed by atoms with Gasteiger partial charge in [0.05, 0.1) is 22.4 Å². The highest BCUT2D eigenvalue weighted by Crippen LogP contribution is 2.37. The quantitative estimate of drug-likeness (QED) is 0.928. The van der Waals surface area contributed by atoms with Gasteiger partial charge in [0.2, 0.25) is 0 Å². The first-order chi connectivity index (χ1) is 8.13. The summed E-state index contributed by atoms with van der Waals surface area (Å²) in [6, 6.07) is 0.120. The van der Waals surface area contributed by atoms with Crippen LogP contribution in [0.15, 0.2) is 10.7 Å². The van der Waals surface area contributed by atoms with Gasteiger partial charge >= 0.3 is 0 Å². The van der Waals surface area contributed by atoms with Crippen molar-refractivity contribution in [3.63, 3.8) is 0 Å². The Morgan fingerprint density at radius 3 is 3.00 bits per heavy atom. The van der Waals surface area contributed by atoms with E-state index in [1.54, 1.807) is 0 Å². The first-order valence-electron chi connectivity index (χ1n) is 6.60. The molecule has 1 heterocycles. The van der Waals surface area contributed by atoms with E-state index < -0.39 is 0 Å². The van der Waals surface area contributed by atoms with Crippen LogP contribution in [0.1, 0.15) is 51.3 Å². The smallest absolute Gasteiger partial charge is 0.0696 e. The Balaban J connectivity index is 2.17. The maximum atomic E-state index is 6.46. The molecule has 1 aromatic rings. The van der Waals surface area contributed by atoms with Gasteiger partial charge in [-0.3, -0.25) is 4.68 Å². The Morgan fingerprint density at radius 1 is 1.59 bits per heavy atom. The third-order valence-corrected chi connectivity index (χ3v) is 4.54. The van der Waals surface area contributed by atoms with Gasteiger partial charge in [-0.1, -0.05) is 19.8 Å². The van der Waals surface area contributed by atoms with Crippen molar-refractivity contribution in [3.8, 4) is 0 Å². The summed E-state index contributed by atoms with van der Waals surface area (Å²) in [5, 5.41) is 4.36. The van der Waals surface area contributed by atoms with Gasteiger partial charge < -0.3 is 5.73 Å². The molecule has 2 N–H and O–H groups in total. The predicted molar refractivity (Wildman–Crippen MR) is 73.7 cm³/mol. The molecule has 0 aromatic carbocycles. The molecular weight excluding hydrogens is 278 g/mol. The second kappa shape index (κ2) is 5.53. The molecule has 0 aliphatic heterocycles. The molecule has 17 heavy (non-hydrogen) atoms. The minimum absolute atomic E-state index is 0.120. The van der Waals surface area contributed by atoms with Crippen molar-refractivity contribution < 1.29 is 0 Å². The van der Waals surface area contributed by atoms with Crippen LogP contribution in [0, 0.1) is 11.8 Å². The second-order valence-corrected chi connectivity index (χ2v) is 6.11. The standard InChI is InChI=1S/C13H22BrN3/c1-3-17-13(11(14)8-16-17)12(15)10-6-4-5-9(2)7-10/h8-10,12H,3-7,15H2,1-2H3. The largest absolute Gasteiger partial charge is 0.322 e. The van der Waals surface area contributed by atoms with Gasteiger partial charge in [-0.2, -0.15) is 5.10 Å². The monoisotopic (exact) mass is 299 g/mol. The Bertz CT molecular complexity index is 375. The molecule has 1 fully saturated rings. The van der Waals surface area contributed by atoms with E-state index in [2.05, 4.69) is 34.9 Å². The van der Waals surface area contributed by atoms with E-state index in [0.29, 0.717) is 5.92 Å². The van der Waals surface area contributed by atoms with Gasteiger partial charge in [0.1, 0.15) is 0 Å². The second-order valence-electron chi connectivity index (χ2n) is 5.25. The van der Waals surface area contributed by atoms with Gasteiger partial charge in [0.25, 0.3) is 0 Å². The third-order valence-electron chi connectivity index (χ3n) is 3.93. The predicted octanol–water partition coefficient (Wildman–Crippen LogP) is 3.49. The summed E-state index contributed by atoms with van der Waals surface area (Å²) in [5.74, 6) is 1.42. The number of rotatable bonds is 3. The van der Waals surface area contributed by atoms with Crippen LogP contribution in [-0.2, 0) is 6.54 Å². The third kappa shape index (κ3) is 2.74. The average molecular weight is 300 g/mol. The molecule has 0 radical (unpaired) electrons.